The Morgan fingerprint density at radius 2 is 1.57 bits per heavy atom. The van der Waals surface area contributed by atoms with Crippen molar-refractivity contribution in [3.05, 3.63) is 99.0 Å². The van der Waals surface area contributed by atoms with Crippen LogP contribution in [-0.2, 0) is 14.3 Å². The zero-order valence-electron chi connectivity index (χ0n) is 19.2. The number of aliphatic hydroxyl groups excluding tert-OH is 1. The molecule has 8 heteroatoms. The zero-order valence-corrected chi connectivity index (χ0v) is 20.8. The van der Waals surface area contributed by atoms with Crippen LogP contribution < -0.4 is 9.64 Å². The van der Waals surface area contributed by atoms with E-state index in [4.69, 9.17) is 9.47 Å². The minimum absolute atomic E-state index is 0.0531. The second-order valence-electron chi connectivity index (χ2n) is 7.94. The molecule has 7 nitrogen and oxygen atoms in total. The van der Waals surface area contributed by atoms with Crippen LogP contribution in [0.2, 0.25) is 0 Å². The molecule has 3 aromatic carbocycles. The van der Waals surface area contributed by atoms with Gasteiger partial charge in [0, 0.05) is 15.7 Å². The molecule has 1 fully saturated rings. The second kappa shape index (κ2) is 9.76. The van der Waals surface area contributed by atoms with E-state index in [9.17, 15) is 19.5 Å². The normalized spacial score (nSPS) is 16.9. The van der Waals surface area contributed by atoms with E-state index < -0.39 is 23.7 Å². The molecule has 1 heterocycles. The van der Waals surface area contributed by atoms with Crippen molar-refractivity contribution in [2.24, 2.45) is 0 Å². The summed E-state index contributed by atoms with van der Waals surface area (Å²) in [6.07, 6.45) is 0. The molecule has 0 aliphatic carbocycles. The van der Waals surface area contributed by atoms with Crippen LogP contribution in [0, 0.1) is 6.92 Å². The molecule has 0 spiro atoms. The quantitative estimate of drug-likeness (QED) is 0.209. The summed E-state index contributed by atoms with van der Waals surface area (Å²) in [5.74, 6) is -1.80. The molecular weight excluding hydrogens is 514 g/mol. The first-order valence-electron chi connectivity index (χ1n) is 10.7. The number of aliphatic hydroxyl groups is 1. The fourth-order valence-corrected chi connectivity index (χ4v) is 4.34. The summed E-state index contributed by atoms with van der Waals surface area (Å²) < 4.78 is 10.7. The Labute approximate surface area is 210 Å². The van der Waals surface area contributed by atoms with Crippen molar-refractivity contribution in [2.45, 2.75) is 13.0 Å². The number of methoxy groups -OCH3 is 2. The Hall–Kier alpha value is -3.91. The topological polar surface area (TPSA) is 93.1 Å². The van der Waals surface area contributed by atoms with Gasteiger partial charge in [0.15, 0.2) is 0 Å². The van der Waals surface area contributed by atoms with Gasteiger partial charge in [-0.2, -0.15) is 0 Å². The number of anilines is 1. The highest BCUT2D eigenvalue weighted by molar-refractivity contribution is 9.10. The number of halogens is 1. The van der Waals surface area contributed by atoms with Gasteiger partial charge < -0.3 is 14.6 Å². The fraction of sp³-hybridized carbons (Fsp3) is 0.148. The van der Waals surface area contributed by atoms with Gasteiger partial charge in [-0.1, -0.05) is 34.1 Å². The van der Waals surface area contributed by atoms with E-state index in [1.165, 1.54) is 19.1 Å². The van der Waals surface area contributed by atoms with Crippen molar-refractivity contribution in [2.75, 3.05) is 19.1 Å². The number of aryl methyl sites for hydroxylation is 1. The third-order valence-electron chi connectivity index (χ3n) is 5.89. The van der Waals surface area contributed by atoms with Gasteiger partial charge in [0.05, 0.1) is 31.4 Å². The number of ketones is 1. The molecule has 0 aromatic heterocycles. The molecule has 0 saturated carbocycles. The van der Waals surface area contributed by atoms with Gasteiger partial charge in [-0.05, 0) is 66.6 Å². The number of Topliss-reactive ketones (excluding diaryl/α,β-unsaturated/α-hetero) is 1. The summed E-state index contributed by atoms with van der Waals surface area (Å²) >= 11 is 3.48. The smallest absolute Gasteiger partial charge is 0.337 e. The monoisotopic (exact) mass is 535 g/mol. The molecule has 1 unspecified atom stereocenters. The van der Waals surface area contributed by atoms with Gasteiger partial charge in [-0.15, -0.1) is 0 Å². The zero-order chi connectivity index (χ0) is 25.3. The number of ether oxygens (including phenoxy) is 2. The van der Waals surface area contributed by atoms with Crippen molar-refractivity contribution in [1.82, 2.24) is 0 Å². The number of amides is 1. The maximum absolute atomic E-state index is 13.3. The van der Waals surface area contributed by atoms with E-state index in [1.807, 2.05) is 13.0 Å². The molecule has 1 saturated heterocycles. The van der Waals surface area contributed by atoms with E-state index in [0.29, 0.717) is 28.1 Å². The van der Waals surface area contributed by atoms with Crippen LogP contribution in [0.5, 0.6) is 5.75 Å². The summed E-state index contributed by atoms with van der Waals surface area (Å²) in [6.45, 7) is 1.91. The van der Waals surface area contributed by atoms with Crippen LogP contribution in [0.4, 0.5) is 5.69 Å². The largest absolute Gasteiger partial charge is 0.507 e. The Morgan fingerprint density at radius 1 is 0.943 bits per heavy atom. The minimum Gasteiger partial charge on any atom is -0.507 e. The third kappa shape index (κ3) is 4.44. The molecule has 4 rings (SSSR count). The van der Waals surface area contributed by atoms with E-state index >= 15 is 0 Å². The number of carbonyl (C=O) groups is 3. The SMILES string of the molecule is COC(=O)c1ccc(C2/C(=C(\O)c3ccc(OC)cc3)C(=O)C(=O)N2c2ccc(C)c(Br)c2)cc1. The molecule has 35 heavy (non-hydrogen) atoms. The summed E-state index contributed by atoms with van der Waals surface area (Å²) in [7, 11) is 2.81. The van der Waals surface area contributed by atoms with Crippen LogP contribution in [-0.4, -0.2) is 37.0 Å². The van der Waals surface area contributed by atoms with Gasteiger partial charge in [0.2, 0.25) is 0 Å². The lowest BCUT2D eigenvalue weighted by Crippen LogP contribution is -2.29. The van der Waals surface area contributed by atoms with Gasteiger partial charge in [-0.3, -0.25) is 14.5 Å². The molecular formula is C27H22BrNO6. The lowest BCUT2D eigenvalue weighted by atomic mass is 9.94. The van der Waals surface area contributed by atoms with Gasteiger partial charge >= 0.3 is 5.97 Å². The first kappa shape index (κ1) is 24.2. The highest BCUT2D eigenvalue weighted by atomic mass is 79.9. The predicted molar refractivity (Wildman–Crippen MR) is 134 cm³/mol. The molecule has 178 valence electrons. The van der Waals surface area contributed by atoms with E-state index in [0.717, 1.165) is 10.0 Å². The van der Waals surface area contributed by atoms with E-state index in [-0.39, 0.29) is 11.3 Å². The van der Waals surface area contributed by atoms with Gasteiger partial charge in [-0.25, -0.2) is 4.79 Å². The predicted octanol–water partition coefficient (Wildman–Crippen LogP) is 5.18. The van der Waals surface area contributed by atoms with Crippen LogP contribution in [0.25, 0.3) is 5.76 Å². The van der Waals surface area contributed by atoms with E-state index in [2.05, 4.69) is 15.9 Å². The number of carbonyl (C=O) groups excluding carboxylic acids is 3. The highest BCUT2D eigenvalue weighted by Gasteiger charge is 2.47. The van der Waals surface area contributed by atoms with Crippen molar-refractivity contribution in [3.8, 4) is 5.75 Å². The minimum atomic E-state index is -0.918. The average molecular weight is 536 g/mol. The van der Waals surface area contributed by atoms with Crippen LogP contribution in [0.3, 0.4) is 0 Å². The lowest BCUT2D eigenvalue weighted by molar-refractivity contribution is -0.132. The third-order valence-corrected chi connectivity index (χ3v) is 6.74. The van der Waals surface area contributed by atoms with Crippen molar-refractivity contribution < 1.29 is 29.0 Å². The average Bonchev–Trinajstić information content (AvgIpc) is 3.15. The molecule has 1 amide bonds. The number of esters is 1. The Morgan fingerprint density at radius 3 is 2.14 bits per heavy atom. The molecule has 1 N–H and O–H groups in total. The molecule has 0 bridgehead atoms. The van der Waals surface area contributed by atoms with Gasteiger partial charge in [0.1, 0.15) is 11.5 Å². The van der Waals surface area contributed by atoms with Crippen molar-refractivity contribution in [3.63, 3.8) is 0 Å². The van der Waals surface area contributed by atoms with Gasteiger partial charge in [0.25, 0.3) is 11.7 Å². The number of nitrogens with zero attached hydrogens (tertiary/aromatic N) is 1. The standard InChI is InChI=1S/C27H22BrNO6/c1-15-4-11-19(14-21(15)28)29-23(16-5-7-18(8-6-16)27(33)35-3)22(25(31)26(29)32)24(30)17-9-12-20(34-2)13-10-17/h4-14,23,30H,1-3H3/b24-22+. The number of hydrogen-bond donors (Lipinski definition) is 1. The first-order chi connectivity index (χ1) is 16.8. The number of hydrogen-bond acceptors (Lipinski definition) is 6. The maximum atomic E-state index is 13.3. The lowest BCUT2D eigenvalue weighted by Gasteiger charge is -2.26. The maximum Gasteiger partial charge on any atom is 0.337 e. The summed E-state index contributed by atoms with van der Waals surface area (Å²) in [5.41, 5.74) is 2.63. The Bertz CT molecular complexity index is 1350. The fourth-order valence-electron chi connectivity index (χ4n) is 3.97. The molecule has 0 radical (unpaired) electrons. The molecule has 1 aliphatic heterocycles. The number of rotatable bonds is 5. The van der Waals surface area contributed by atoms with E-state index in [1.54, 1.807) is 60.7 Å². The molecule has 3 aromatic rings. The van der Waals surface area contributed by atoms with Crippen molar-refractivity contribution >= 4 is 45.0 Å². The summed E-state index contributed by atoms with van der Waals surface area (Å²) in [4.78, 5) is 39.8. The molecule has 1 atom stereocenters. The van der Waals surface area contributed by atoms with Crippen LogP contribution >= 0.6 is 15.9 Å². The highest BCUT2D eigenvalue weighted by Crippen LogP contribution is 2.43. The Balaban J connectivity index is 1.91. The first-order valence-corrected chi connectivity index (χ1v) is 11.5. The van der Waals surface area contributed by atoms with Crippen LogP contribution in [0.1, 0.15) is 33.1 Å². The summed E-state index contributed by atoms with van der Waals surface area (Å²) in [6, 6.07) is 17.3. The van der Waals surface area contributed by atoms with Crippen molar-refractivity contribution in [1.29, 1.82) is 0 Å². The Kier molecular flexibility index (Phi) is 6.75. The molecule has 1 aliphatic rings. The summed E-state index contributed by atoms with van der Waals surface area (Å²) in [5, 5.41) is 11.2. The number of benzene rings is 3. The second-order valence-corrected chi connectivity index (χ2v) is 8.80. The van der Waals surface area contributed by atoms with Crippen LogP contribution in [0.15, 0.2) is 76.8 Å².